The topological polar surface area (TPSA) is 75.7 Å². The summed E-state index contributed by atoms with van der Waals surface area (Å²) >= 11 is 1.43. The molecule has 0 bridgehead atoms. The largest absolute Gasteiger partial charge is 0.465 e. The number of fused-ring (bicyclic) bond motifs is 2. The Bertz CT molecular complexity index is 1240. The molecular formula is C25H22N2O4S. The highest BCUT2D eigenvalue weighted by molar-refractivity contribution is 7.99. The zero-order chi connectivity index (χ0) is 22.8. The number of nitrogens with one attached hydrogen (secondary N) is 1. The summed E-state index contributed by atoms with van der Waals surface area (Å²) in [6.45, 7) is 3.72. The zero-order valence-corrected chi connectivity index (χ0v) is 18.8. The predicted octanol–water partition coefficient (Wildman–Crippen LogP) is 4.84. The van der Waals surface area contributed by atoms with E-state index in [4.69, 9.17) is 4.74 Å². The lowest BCUT2D eigenvalue weighted by Crippen LogP contribution is -2.38. The Labute approximate surface area is 190 Å². The van der Waals surface area contributed by atoms with Gasteiger partial charge in [0.2, 0.25) is 5.91 Å². The fraction of sp³-hybridized carbons (Fsp3) is 0.160. The van der Waals surface area contributed by atoms with Gasteiger partial charge in [-0.1, -0.05) is 36.0 Å². The number of carbonyl (C=O) groups is 3. The number of ether oxygens (including phenoxy) is 1. The van der Waals surface area contributed by atoms with Crippen molar-refractivity contribution in [1.82, 2.24) is 0 Å². The number of hydrogen-bond donors (Lipinski definition) is 1. The van der Waals surface area contributed by atoms with Gasteiger partial charge in [0.15, 0.2) is 0 Å². The van der Waals surface area contributed by atoms with E-state index in [1.165, 1.54) is 23.8 Å². The summed E-state index contributed by atoms with van der Waals surface area (Å²) in [7, 11) is 1.30. The highest BCUT2D eigenvalue weighted by atomic mass is 32.2. The minimum atomic E-state index is -0.508. The molecule has 32 heavy (non-hydrogen) atoms. The van der Waals surface area contributed by atoms with Crippen LogP contribution in [-0.2, 0) is 9.53 Å². The summed E-state index contributed by atoms with van der Waals surface area (Å²) in [5.74, 6) is -1.14. The molecule has 0 radical (unpaired) electrons. The monoisotopic (exact) mass is 446 g/mol. The molecule has 0 aliphatic carbocycles. The summed E-state index contributed by atoms with van der Waals surface area (Å²) in [6, 6.07) is 18.0. The van der Waals surface area contributed by atoms with Gasteiger partial charge in [0.1, 0.15) is 6.54 Å². The van der Waals surface area contributed by atoms with Crippen molar-refractivity contribution in [2.45, 2.75) is 23.6 Å². The van der Waals surface area contributed by atoms with E-state index < -0.39 is 5.97 Å². The van der Waals surface area contributed by atoms with Gasteiger partial charge < -0.3 is 10.1 Å². The lowest BCUT2D eigenvalue weighted by molar-refractivity contribution is -0.114. The van der Waals surface area contributed by atoms with Crippen molar-refractivity contribution in [2.75, 3.05) is 23.9 Å². The Morgan fingerprint density at radius 3 is 2.56 bits per heavy atom. The molecule has 0 unspecified atom stereocenters. The number of nitrogens with zero attached hydrogens (tertiary/aromatic N) is 1. The first kappa shape index (κ1) is 21.6. The number of methoxy groups -OCH3 is 1. The fourth-order valence-corrected chi connectivity index (χ4v) is 4.60. The molecular weight excluding hydrogens is 424 g/mol. The van der Waals surface area contributed by atoms with Gasteiger partial charge in [-0.2, -0.15) is 0 Å². The molecule has 7 heteroatoms. The standard InChI is InChI=1S/C25H22N2O4S/c1-15-7-6-9-19(16(15)2)26-23(28)14-27-20-13-17(25(30)31-3)11-12-22(20)32-21-10-5-4-8-18(21)24(27)29/h4-13H,14H2,1-3H3,(H,26,28). The Morgan fingerprint density at radius 2 is 1.78 bits per heavy atom. The van der Waals surface area contributed by atoms with Crippen LogP contribution in [0.25, 0.3) is 0 Å². The van der Waals surface area contributed by atoms with Gasteiger partial charge in [-0.3, -0.25) is 14.5 Å². The highest BCUT2D eigenvalue weighted by Gasteiger charge is 2.29. The first-order chi connectivity index (χ1) is 15.4. The van der Waals surface area contributed by atoms with Gasteiger partial charge in [0.25, 0.3) is 5.91 Å². The number of amides is 2. The summed E-state index contributed by atoms with van der Waals surface area (Å²) in [5.41, 5.74) is 4.05. The van der Waals surface area contributed by atoms with E-state index in [9.17, 15) is 14.4 Å². The molecule has 0 aromatic heterocycles. The normalized spacial score (nSPS) is 12.5. The lowest BCUT2D eigenvalue weighted by Gasteiger charge is -2.23. The minimum Gasteiger partial charge on any atom is -0.465 e. The highest BCUT2D eigenvalue weighted by Crippen LogP contribution is 2.41. The molecule has 0 saturated heterocycles. The van der Waals surface area contributed by atoms with Crippen LogP contribution in [0.15, 0.2) is 70.5 Å². The Kier molecular flexibility index (Phi) is 6.01. The van der Waals surface area contributed by atoms with Crippen LogP contribution in [-0.4, -0.2) is 31.4 Å². The van der Waals surface area contributed by atoms with E-state index in [1.54, 1.807) is 30.3 Å². The van der Waals surface area contributed by atoms with Gasteiger partial charge in [-0.25, -0.2) is 4.79 Å². The van der Waals surface area contributed by atoms with Gasteiger partial charge in [0, 0.05) is 15.5 Å². The van der Waals surface area contributed by atoms with Crippen LogP contribution < -0.4 is 10.2 Å². The maximum absolute atomic E-state index is 13.5. The van der Waals surface area contributed by atoms with Crippen LogP contribution in [0.3, 0.4) is 0 Å². The van der Waals surface area contributed by atoms with E-state index >= 15 is 0 Å². The van der Waals surface area contributed by atoms with Crippen LogP contribution >= 0.6 is 11.8 Å². The average Bonchev–Trinajstić information content (AvgIpc) is 2.91. The smallest absolute Gasteiger partial charge is 0.337 e. The summed E-state index contributed by atoms with van der Waals surface area (Å²) in [5, 5.41) is 2.91. The number of esters is 1. The van der Waals surface area contributed by atoms with E-state index in [-0.39, 0.29) is 18.4 Å². The van der Waals surface area contributed by atoms with Crippen molar-refractivity contribution in [3.8, 4) is 0 Å². The molecule has 1 N–H and O–H groups in total. The Hall–Kier alpha value is -3.58. The number of aryl methyl sites for hydroxylation is 1. The van der Waals surface area contributed by atoms with Crippen molar-refractivity contribution in [3.63, 3.8) is 0 Å². The van der Waals surface area contributed by atoms with Gasteiger partial charge in [-0.05, 0) is 61.4 Å². The summed E-state index contributed by atoms with van der Waals surface area (Å²) in [4.78, 5) is 41.6. The Morgan fingerprint density at radius 1 is 1.00 bits per heavy atom. The van der Waals surface area contributed by atoms with Crippen molar-refractivity contribution in [1.29, 1.82) is 0 Å². The van der Waals surface area contributed by atoms with Gasteiger partial charge in [-0.15, -0.1) is 0 Å². The first-order valence-corrected chi connectivity index (χ1v) is 10.9. The number of rotatable bonds is 4. The van der Waals surface area contributed by atoms with Crippen molar-refractivity contribution < 1.29 is 19.1 Å². The molecule has 4 rings (SSSR count). The maximum Gasteiger partial charge on any atom is 0.337 e. The van der Waals surface area contributed by atoms with Gasteiger partial charge in [0.05, 0.1) is 23.9 Å². The third-order valence-corrected chi connectivity index (χ3v) is 6.57. The number of benzene rings is 3. The third-order valence-electron chi connectivity index (χ3n) is 5.43. The van der Waals surface area contributed by atoms with Crippen LogP contribution in [0.5, 0.6) is 0 Å². The van der Waals surface area contributed by atoms with E-state index in [0.717, 1.165) is 20.9 Å². The van der Waals surface area contributed by atoms with Crippen molar-refractivity contribution >= 4 is 40.9 Å². The third kappa shape index (κ3) is 4.11. The summed E-state index contributed by atoms with van der Waals surface area (Å²) in [6.07, 6.45) is 0. The molecule has 1 aliphatic rings. The molecule has 3 aromatic rings. The van der Waals surface area contributed by atoms with Crippen LogP contribution in [0.2, 0.25) is 0 Å². The SMILES string of the molecule is COC(=O)c1ccc2c(c1)N(CC(=O)Nc1cccc(C)c1C)C(=O)c1ccccc1S2. The molecule has 6 nitrogen and oxygen atoms in total. The quantitative estimate of drug-likeness (QED) is 0.581. The number of carbonyl (C=O) groups excluding carboxylic acids is 3. The fourth-order valence-electron chi connectivity index (χ4n) is 3.54. The van der Waals surface area contributed by atoms with Crippen molar-refractivity contribution in [3.05, 3.63) is 82.9 Å². The molecule has 1 heterocycles. The lowest BCUT2D eigenvalue weighted by atomic mass is 10.1. The van der Waals surface area contributed by atoms with E-state index in [1.807, 2.05) is 44.2 Å². The molecule has 0 spiro atoms. The molecule has 1 aliphatic heterocycles. The average molecular weight is 447 g/mol. The second-order valence-corrected chi connectivity index (χ2v) is 8.54. The van der Waals surface area contributed by atoms with Crippen molar-refractivity contribution in [2.24, 2.45) is 0 Å². The first-order valence-electron chi connectivity index (χ1n) is 10.1. The molecule has 162 valence electrons. The van der Waals surface area contributed by atoms with Crippen LogP contribution in [0.1, 0.15) is 31.8 Å². The molecule has 3 aromatic carbocycles. The Balaban J connectivity index is 1.73. The van der Waals surface area contributed by atoms with Gasteiger partial charge >= 0.3 is 5.97 Å². The molecule has 2 amide bonds. The molecule has 0 saturated carbocycles. The maximum atomic E-state index is 13.5. The van der Waals surface area contributed by atoms with Crippen LogP contribution in [0, 0.1) is 13.8 Å². The predicted molar refractivity (Wildman–Crippen MR) is 125 cm³/mol. The molecule has 0 atom stereocenters. The number of anilines is 2. The molecule has 0 fully saturated rings. The van der Waals surface area contributed by atoms with Crippen LogP contribution in [0.4, 0.5) is 11.4 Å². The minimum absolute atomic E-state index is 0.196. The zero-order valence-electron chi connectivity index (χ0n) is 18.0. The number of hydrogen-bond acceptors (Lipinski definition) is 5. The second-order valence-electron chi connectivity index (χ2n) is 7.46. The summed E-state index contributed by atoms with van der Waals surface area (Å²) < 4.78 is 4.84. The second kappa shape index (κ2) is 8.88. The van der Waals surface area contributed by atoms with E-state index in [2.05, 4.69) is 5.32 Å². The van der Waals surface area contributed by atoms with E-state index in [0.29, 0.717) is 22.5 Å².